The van der Waals surface area contributed by atoms with Gasteiger partial charge in [0.15, 0.2) is 0 Å². The molecule has 2 atom stereocenters. The smallest absolute Gasteiger partial charge is 0.119 e. The molecule has 2 unspecified atom stereocenters. The minimum atomic E-state index is -0.417. The van der Waals surface area contributed by atoms with Crippen molar-refractivity contribution in [3.05, 3.63) is 29.8 Å². The monoisotopic (exact) mass is 279 g/mol. The molecule has 0 fully saturated rings. The van der Waals surface area contributed by atoms with Gasteiger partial charge in [-0.2, -0.15) is 0 Å². The number of ether oxygens (including phenoxy) is 1. The highest BCUT2D eigenvalue weighted by atomic mass is 16.5. The second-order valence-corrected chi connectivity index (χ2v) is 5.50. The Morgan fingerprint density at radius 3 is 2.45 bits per heavy atom. The average molecular weight is 279 g/mol. The van der Waals surface area contributed by atoms with Gasteiger partial charge in [-0.25, -0.2) is 0 Å². The van der Waals surface area contributed by atoms with Crippen LogP contribution < -0.4 is 10.5 Å². The maximum Gasteiger partial charge on any atom is 0.119 e. The molecule has 3 nitrogen and oxygen atoms in total. The second kappa shape index (κ2) is 9.78. The van der Waals surface area contributed by atoms with Crippen molar-refractivity contribution in [3.63, 3.8) is 0 Å². The van der Waals surface area contributed by atoms with Gasteiger partial charge in [0.05, 0.1) is 12.7 Å². The molecule has 3 heteroatoms. The van der Waals surface area contributed by atoms with Gasteiger partial charge in [-0.05, 0) is 36.5 Å². The number of nitrogens with two attached hydrogens (primary N) is 1. The van der Waals surface area contributed by atoms with E-state index < -0.39 is 6.10 Å². The Hall–Kier alpha value is -1.06. The molecule has 0 aliphatic heterocycles. The topological polar surface area (TPSA) is 55.5 Å². The first kappa shape index (κ1) is 17.0. The van der Waals surface area contributed by atoms with Crippen LogP contribution in [-0.2, 0) is 0 Å². The van der Waals surface area contributed by atoms with Crippen LogP contribution in [0.3, 0.4) is 0 Å². The molecule has 1 aromatic rings. The van der Waals surface area contributed by atoms with Crippen LogP contribution in [0.25, 0.3) is 0 Å². The first-order valence-electron chi connectivity index (χ1n) is 7.78. The molecular weight excluding hydrogens is 250 g/mol. The zero-order valence-electron chi connectivity index (χ0n) is 12.8. The predicted octanol–water partition coefficient (Wildman–Crippen LogP) is 3.46. The van der Waals surface area contributed by atoms with E-state index in [1.54, 1.807) is 0 Å². The first-order chi connectivity index (χ1) is 9.67. The normalized spacial score (nSPS) is 14.0. The van der Waals surface area contributed by atoms with E-state index in [4.69, 9.17) is 10.5 Å². The van der Waals surface area contributed by atoms with Crippen LogP contribution in [0.5, 0.6) is 5.75 Å². The van der Waals surface area contributed by atoms with Crippen LogP contribution in [-0.4, -0.2) is 24.4 Å². The standard InChI is InChI=1S/C17H29NO2/c1-3-4-5-6-11-20-17-9-7-15(8-10-17)14(2)12-16(19)13-18/h7-10,14,16,19H,3-6,11-13,18H2,1-2H3. The number of benzene rings is 1. The molecule has 1 rings (SSSR count). The molecule has 0 aliphatic rings. The number of unbranched alkanes of at least 4 members (excludes halogenated alkanes) is 3. The second-order valence-electron chi connectivity index (χ2n) is 5.50. The quantitative estimate of drug-likeness (QED) is 0.645. The molecule has 114 valence electrons. The minimum Gasteiger partial charge on any atom is -0.494 e. The van der Waals surface area contributed by atoms with Crippen LogP contribution in [0.15, 0.2) is 24.3 Å². The lowest BCUT2D eigenvalue weighted by Crippen LogP contribution is -2.21. The van der Waals surface area contributed by atoms with Gasteiger partial charge in [0.25, 0.3) is 0 Å². The van der Waals surface area contributed by atoms with Gasteiger partial charge in [-0.3, -0.25) is 0 Å². The molecule has 0 spiro atoms. The molecule has 0 amide bonds. The SMILES string of the molecule is CCCCCCOc1ccc(C(C)CC(O)CN)cc1. The summed E-state index contributed by atoms with van der Waals surface area (Å²) in [6.07, 6.45) is 5.18. The fourth-order valence-corrected chi connectivity index (χ4v) is 2.25. The number of aliphatic hydroxyl groups excluding tert-OH is 1. The fraction of sp³-hybridized carbons (Fsp3) is 0.647. The third kappa shape index (κ3) is 6.40. The van der Waals surface area contributed by atoms with Gasteiger partial charge < -0.3 is 15.6 Å². The van der Waals surface area contributed by atoms with Gasteiger partial charge in [0.2, 0.25) is 0 Å². The molecule has 0 saturated heterocycles. The van der Waals surface area contributed by atoms with Crippen molar-refractivity contribution in [3.8, 4) is 5.75 Å². The number of rotatable bonds is 10. The van der Waals surface area contributed by atoms with E-state index in [0.29, 0.717) is 18.9 Å². The summed E-state index contributed by atoms with van der Waals surface area (Å²) in [5.74, 6) is 1.24. The molecule has 0 saturated carbocycles. The number of hydrogen-bond donors (Lipinski definition) is 2. The maximum atomic E-state index is 9.58. The molecule has 0 aromatic heterocycles. The van der Waals surface area contributed by atoms with E-state index in [-0.39, 0.29) is 0 Å². The summed E-state index contributed by atoms with van der Waals surface area (Å²) in [5, 5.41) is 9.58. The summed E-state index contributed by atoms with van der Waals surface area (Å²) in [4.78, 5) is 0. The fourth-order valence-electron chi connectivity index (χ4n) is 2.25. The maximum absolute atomic E-state index is 9.58. The number of hydrogen-bond acceptors (Lipinski definition) is 3. The van der Waals surface area contributed by atoms with Crippen LogP contribution in [0.1, 0.15) is 57.4 Å². The largest absolute Gasteiger partial charge is 0.494 e. The lowest BCUT2D eigenvalue weighted by molar-refractivity contribution is 0.165. The summed E-state index contributed by atoms with van der Waals surface area (Å²) in [6, 6.07) is 8.19. The molecule has 0 bridgehead atoms. The van der Waals surface area contributed by atoms with Crippen molar-refractivity contribution >= 4 is 0 Å². The van der Waals surface area contributed by atoms with Crippen molar-refractivity contribution in [1.82, 2.24) is 0 Å². The lowest BCUT2D eigenvalue weighted by Gasteiger charge is -2.16. The highest BCUT2D eigenvalue weighted by Crippen LogP contribution is 2.23. The third-order valence-electron chi connectivity index (χ3n) is 3.61. The summed E-state index contributed by atoms with van der Waals surface area (Å²) < 4.78 is 5.72. The number of aliphatic hydroxyl groups is 1. The van der Waals surface area contributed by atoms with E-state index in [1.165, 1.54) is 24.8 Å². The predicted molar refractivity (Wildman–Crippen MR) is 84.2 cm³/mol. The van der Waals surface area contributed by atoms with Crippen molar-refractivity contribution in [2.45, 2.75) is 58.0 Å². The minimum absolute atomic E-state index is 0.312. The van der Waals surface area contributed by atoms with Crippen molar-refractivity contribution in [2.75, 3.05) is 13.2 Å². The Labute approximate surface area is 123 Å². The highest BCUT2D eigenvalue weighted by Gasteiger charge is 2.10. The summed E-state index contributed by atoms with van der Waals surface area (Å²) in [7, 11) is 0. The van der Waals surface area contributed by atoms with Gasteiger partial charge in [0, 0.05) is 6.54 Å². The molecule has 20 heavy (non-hydrogen) atoms. The van der Waals surface area contributed by atoms with E-state index >= 15 is 0 Å². The summed E-state index contributed by atoms with van der Waals surface area (Å²) in [6.45, 7) is 5.44. The van der Waals surface area contributed by atoms with Crippen LogP contribution >= 0.6 is 0 Å². The molecule has 1 aromatic carbocycles. The Morgan fingerprint density at radius 1 is 1.15 bits per heavy atom. The summed E-state index contributed by atoms with van der Waals surface area (Å²) >= 11 is 0. The third-order valence-corrected chi connectivity index (χ3v) is 3.61. The Morgan fingerprint density at radius 2 is 1.85 bits per heavy atom. The van der Waals surface area contributed by atoms with Crippen molar-refractivity contribution in [1.29, 1.82) is 0 Å². The average Bonchev–Trinajstić information content (AvgIpc) is 2.47. The molecular formula is C17H29NO2. The van der Waals surface area contributed by atoms with E-state index in [0.717, 1.165) is 18.8 Å². The summed E-state index contributed by atoms with van der Waals surface area (Å²) in [5.41, 5.74) is 6.66. The van der Waals surface area contributed by atoms with Crippen LogP contribution in [0, 0.1) is 0 Å². The molecule has 0 aliphatic carbocycles. The Kier molecular flexibility index (Phi) is 8.31. The van der Waals surface area contributed by atoms with Gasteiger partial charge >= 0.3 is 0 Å². The van der Waals surface area contributed by atoms with E-state index in [2.05, 4.69) is 26.0 Å². The first-order valence-corrected chi connectivity index (χ1v) is 7.78. The lowest BCUT2D eigenvalue weighted by atomic mass is 9.95. The zero-order chi connectivity index (χ0) is 14.8. The Balaban J connectivity index is 2.35. The Bertz CT molecular complexity index is 351. The van der Waals surface area contributed by atoms with Crippen molar-refractivity contribution in [2.24, 2.45) is 5.73 Å². The van der Waals surface area contributed by atoms with Gasteiger partial charge in [-0.15, -0.1) is 0 Å². The molecule has 0 radical (unpaired) electrons. The molecule has 3 N–H and O–H groups in total. The van der Waals surface area contributed by atoms with E-state index in [1.807, 2.05) is 12.1 Å². The van der Waals surface area contributed by atoms with E-state index in [9.17, 15) is 5.11 Å². The van der Waals surface area contributed by atoms with Crippen LogP contribution in [0.4, 0.5) is 0 Å². The van der Waals surface area contributed by atoms with Gasteiger partial charge in [-0.1, -0.05) is 45.2 Å². The zero-order valence-corrected chi connectivity index (χ0v) is 12.8. The van der Waals surface area contributed by atoms with Crippen molar-refractivity contribution < 1.29 is 9.84 Å². The highest BCUT2D eigenvalue weighted by molar-refractivity contribution is 5.29. The van der Waals surface area contributed by atoms with Crippen LogP contribution in [0.2, 0.25) is 0 Å². The molecule has 0 heterocycles. The van der Waals surface area contributed by atoms with Gasteiger partial charge in [0.1, 0.15) is 5.75 Å².